The molecule has 0 bridgehead atoms. The number of nitrogens with one attached hydrogen (secondary N) is 1. The van der Waals surface area contributed by atoms with Crippen LogP contribution in [-0.2, 0) is 4.74 Å². The number of aromatic nitrogens is 1. The summed E-state index contributed by atoms with van der Waals surface area (Å²) in [4.78, 5) is 26.3. The van der Waals surface area contributed by atoms with E-state index in [0.717, 1.165) is 0 Å². The Hall–Kier alpha value is -1.63. The summed E-state index contributed by atoms with van der Waals surface area (Å²) in [5.74, 6) is -1.23. The third kappa shape index (κ3) is 4.33. The number of pyridine rings is 1. The number of carbonyl (C=O) groups is 2. The predicted molar refractivity (Wildman–Crippen MR) is 68.8 cm³/mol. The number of nitrogens with zero attached hydrogens (tertiary/aromatic N) is 1. The first-order valence-corrected chi connectivity index (χ1v) is 5.88. The number of hydrogen-bond donors (Lipinski definition) is 2. The Bertz CT molecular complexity index is 482. The maximum absolute atomic E-state index is 11.5. The largest absolute Gasteiger partial charge is 0.476 e. The van der Waals surface area contributed by atoms with Crippen LogP contribution in [0.4, 0.5) is 10.5 Å². The van der Waals surface area contributed by atoms with Gasteiger partial charge < -0.3 is 9.84 Å². The third-order valence-corrected chi connectivity index (χ3v) is 2.14. The van der Waals surface area contributed by atoms with Gasteiger partial charge in [-0.3, -0.25) is 5.32 Å². The van der Waals surface area contributed by atoms with E-state index in [1.165, 1.54) is 12.1 Å². The Balaban J connectivity index is 2.91. The monoisotopic (exact) mass is 316 g/mol. The molecular formula is C11H13BrN2O4. The molecule has 0 radical (unpaired) electrons. The lowest BCUT2D eigenvalue weighted by molar-refractivity contribution is 0.0636. The number of carboxylic acids is 1. The lowest BCUT2D eigenvalue weighted by atomic mass is 10.2. The summed E-state index contributed by atoms with van der Waals surface area (Å²) in [6, 6.07) is 2.96. The molecule has 18 heavy (non-hydrogen) atoms. The number of hydrogen-bond acceptors (Lipinski definition) is 4. The molecule has 1 amide bonds. The van der Waals surface area contributed by atoms with E-state index >= 15 is 0 Å². The number of carbonyl (C=O) groups excluding carboxylic acids is 1. The fourth-order valence-electron chi connectivity index (χ4n) is 1.11. The third-order valence-electron chi connectivity index (χ3n) is 1.70. The summed E-state index contributed by atoms with van der Waals surface area (Å²) in [6.07, 6.45) is -0.728. The van der Waals surface area contributed by atoms with Crippen LogP contribution in [0.1, 0.15) is 31.3 Å². The summed E-state index contributed by atoms with van der Waals surface area (Å²) < 4.78 is 5.39. The van der Waals surface area contributed by atoms with Crippen molar-refractivity contribution in [2.24, 2.45) is 0 Å². The molecule has 7 heteroatoms. The molecule has 0 saturated heterocycles. The fraction of sp³-hybridized carbons (Fsp3) is 0.364. The highest BCUT2D eigenvalue weighted by Gasteiger charge is 2.19. The van der Waals surface area contributed by atoms with Crippen LogP contribution >= 0.6 is 15.9 Å². The van der Waals surface area contributed by atoms with Gasteiger partial charge in [-0.05, 0) is 48.8 Å². The Morgan fingerprint density at radius 2 is 2.00 bits per heavy atom. The summed E-state index contributed by atoms with van der Waals surface area (Å²) >= 11 is 3.06. The molecule has 2 N–H and O–H groups in total. The van der Waals surface area contributed by atoms with E-state index in [0.29, 0.717) is 4.60 Å². The number of aromatic carboxylic acids is 1. The van der Waals surface area contributed by atoms with Crippen molar-refractivity contribution in [2.45, 2.75) is 26.4 Å². The Morgan fingerprint density at radius 3 is 2.50 bits per heavy atom. The molecule has 1 aromatic rings. The molecule has 0 aliphatic rings. The van der Waals surface area contributed by atoms with Gasteiger partial charge in [-0.2, -0.15) is 0 Å². The minimum atomic E-state index is -1.23. The first-order chi connectivity index (χ1) is 8.19. The zero-order valence-corrected chi connectivity index (χ0v) is 11.7. The zero-order chi connectivity index (χ0) is 13.9. The van der Waals surface area contributed by atoms with E-state index in [4.69, 9.17) is 9.84 Å². The molecule has 0 saturated carbocycles. The van der Waals surface area contributed by atoms with Gasteiger partial charge in [-0.15, -0.1) is 0 Å². The average Bonchev–Trinajstić information content (AvgIpc) is 2.17. The van der Waals surface area contributed by atoms with Crippen molar-refractivity contribution >= 4 is 33.7 Å². The highest BCUT2D eigenvalue weighted by Crippen LogP contribution is 2.18. The summed E-state index contributed by atoms with van der Waals surface area (Å²) in [5, 5.41) is 11.3. The van der Waals surface area contributed by atoms with Crippen molar-refractivity contribution in [3.63, 3.8) is 0 Å². The number of rotatable bonds is 2. The van der Waals surface area contributed by atoms with Crippen LogP contribution in [0.3, 0.4) is 0 Å². The van der Waals surface area contributed by atoms with Crippen LogP contribution in [0.2, 0.25) is 0 Å². The van der Waals surface area contributed by atoms with Crippen molar-refractivity contribution < 1.29 is 19.4 Å². The van der Waals surface area contributed by atoms with E-state index in [2.05, 4.69) is 26.2 Å². The number of amides is 1. The average molecular weight is 317 g/mol. The second-order valence-electron chi connectivity index (χ2n) is 4.46. The maximum atomic E-state index is 11.5. The van der Waals surface area contributed by atoms with Gasteiger partial charge in [0.15, 0.2) is 5.69 Å². The molecule has 1 aromatic heterocycles. The molecule has 0 aromatic carbocycles. The minimum absolute atomic E-state index is 0.0833. The first-order valence-electron chi connectivity index (χ1n) is 5.09. The standard InChI is InChI=1S/C11H13BrN2O4/c1-11(2,3)18-10(17)13-6-4-5-7(12)14-8(6)9(15)16/h4-5H,1-3H3,(H,13,17)(H,15,16). The highest BCUT2D eigenvalue weighted by molar-refractivity contribution is 9.10. The van der Waals surface area contributed by atoms with Gasteiger partial charge in [0.2, 0.25) is 0 Å². The van der Waals surface area contributed by atoms with E-state index in [1.54, 1.807) is 20.8 Å². The molecule has 6 nitrogen and oxygen atoms in total. The van der Waals surface area contributed by atoms with Crippen molar-refractivity contribution in [3.05, 3.63) is 22.4 Å². The smallest absolute Gasteiger partial charge is 0.412 e. The van der Waals surface area contributed by atoms with Gasteiger partial charge in [0.25, 0.3) is 0 Å². The SMILES string of the molecule is CC(C)(C)OC(=O)Nc1ccc(Br)nc1C(=O)O. The van der Waals surface area contributed by atoms with Crippen molar-refractivity contribution in [3.8, 4) is 0 Å². The second kappa shape index (κ2) is 5.34. The summed E-state index contributed by atoms with van der Waals surface area (Å²) in [6.45, 7) is 5.14. The lowest BCUT2D eigenvalue weighted by Gasteiger charge is -2.19. The fourth-order valence-corrected chi connectivity index (χ4v) is 1.42. The molecule has 1 rings (SSSR count). The van der Waals surface area contributed by atoms with Crippen LogP contribution in [0.5, 0.6) is 0 Å². The van der Waals surface area contributed by atoms with Crippen LogP contribution in [-0.4, -0.2) is 27.8 Å². The van der Waals surface area contributed by atoms with Gasteiger partial charge in [0.05, 0.1) is 5.69 Å². The molecule has 1 heterocycles. The van der Waals surface area contributed by atoms with Gasteiger partial charge in [0.1, 0.15) is 10.2 Å². The molecule has 0 fully saturated rings. The molecule has 0 atom stereocenters. The summed E-state index contributed by atoms with van der Waals surface area (Å²) in [5.41, 5.74) is -0.828. The first kappa shape index (κ1) is 14.4. The van der Waals surface area contributed by atoms with Crippen LogP contribution < -0.4 is 5.32 Å². The predicted octanol–water partition coefficient (Wildman–Crippen LogP) is 2.89. The number of halogens is 1. The topological polar surface area (TPSA) is 88.5 Å². The second-order valence-corrected chi connectivity index (χ2v) is 5.27. The number of anilines is 1. The Morgan fingerprint density at radius 1 is 1.39 bits per heavy atom. The van der Waals surface area contributed by atoms with Crippen LogP contribution in [0, 0.1) is 0 Å². The minimum Gasteiger partial charge on any atom is -0.476 e. The summed E-state index contributed by atoms with van der Waals surface area (Å²) in [7, 11) is 0. The van der Waals surface area contributed by atoms with Gasteiger partial charge >= 0.3 is 12.1 Å². The Kier molecular flexibility index (Phi) is 4.28. The van der Waals surface area contributed by atoms with Crippen LogP contribution in [0.25, 0.3) is 0 Å². The Labute approximate surface area is 112 Å². The number of carboxylic acid groups (broad SMARTS) is 1. The van der Waals surface area contributed by atoms with E-state index in [1.807, 2.05) is 0 Å². The van der Waals surface area contributed by atoms with Gasteiger partial charge in [-0.25, -0.2) is 14.6 Å². The molecule has 0 unspecified atom stereocenters. The molecule has 0 aliphatic heterocycles. The quantitative estimate of drug-likeness (QED) is 0.819. The molecular weight excluding hydrogens is 304 g/mol. The lowest BCUT2D eigenvalue weighted by Crippen LogP contribution is -2.28. The zero-order valence-electron chi connectivity index (χ0n) is 10.2. The normalized spacial score (nSPS) is 10.9. The molecule has 0 spiro atoms. The van der Waals surface area contributed by atoms with Crippen LogP contribution in [0.15, 0.2) is 16.7 Å². The number of ether oxygens (including phenoxy) is 1. The maximum Gasteiger partial charge on any atom is 0.412 e. The highest BCUT2D eigenvalue weighted by atomic mass is 79.9. The van der Waals surface area contributed by atoms with Crippen molar-refractivity contribution in [2.75, 3.05) is 5.32 Å². The molecule has 98 valence electrons. The van der Waals surface area contributed by atoms with E-state index in [-0.39, 0.29) is 11.4 Å². The molecule has 0 aliphatic carbocycles. The van der Waals surface area contributed by atoms with E-state index in [9.17, 15) is 9.59 Å². The van der Waals surface area contributed by atoms with Gasteiger partial charge in [-0.1, -0.05) is 0 Å². The van der Waals surface area contributed by atoms with Crippen molar-refractivity contribution in [1.29, 1.82) is 0 Å². The van der Waals surface area contributed by atoms with Crippen molar-refractivity contribution in [1.82, 2.24) is 4.98 Å². The van der Waals surface area contributed by atoms with E-state index < -0.39 is 17.7 Å². The van der Waals surface area contributed by atoms with Gasteiger partial charge in [0, 0.05) is 0 Å².